The molecule has 0 aliphatic heterocycles. The molecule has 1 atom stereocenters. The number of aromatic nitrogens is 2. The highest BCUT2D eigenvalue weighted by atomic mass is 32.1. The van der Waals surface area contributed by atoms with Crippen LogP contribution in [0.3, 0.4) is 0 Å². The summed E-state index contributed by atoms with van der Waals surface area (Å²) in [5, 5.41) is 24.1. The number of carboxylic acid groups (broad SMARTS) is 1. The van der Waals surface area contributed by atoms with Gasteiger partial charge in [-0.05, 0) is 42.6 Å². The number of aliphatic hydroxyl groups excluding tert-OH is 1. The van der Waals surface area contributed by atoms with E-state index in [0.717, 1.165) is 11.6 Å². The molecule has 0 saturated heterocycles. The molecule has 0 radical (unpaired) electrons. The van der Waals surface area contributed by atoms with E-state index in [1.165, 1.54) is 23.5 Å². The summed E-state index contributed by atoms with van der Waals surface area (Å²) in [6.45, 7) is 2.06. The summed E-state index contributed by atoms with van der Waals surface area (Å²) in [5.74, 6) is -2.73. The highest BCUT2D eigenvalue weighted by Gasteiger charge is 2.20. The first-order chi connectivity index (χ1) is 15.8. The van der Waals surface area contributed by atoms with Crippen molar-refractivity contribution in [1.82, 2.24) is 14.9 Å². The van der Waals surface area contributed by atoms with Gasteiger partial charge in [0.1, 0.15) is 17.5 Å². The van der Waals surface area contributed by atoms with Gasteiger partial charge in [-0.2, -0.15) is 11.3 Å². The molecule has 0 bridgehead atoms. The third kappa shape index (κ3) is 4.35. The average Bonchev–Trinajstić information content (AvgIpc) is 3.40. The van der Waals surface area contributed by atoms with Crippen LogP contribution in [-0.4, -0.2) is 44.3 Å². The first-order valence-electron chi connectivity index (χ1n) is 10.0. The van der Waals surface area contributed by atoms with E-state index < -0.39 is 36.2 Å². The van der Waals surface area contributed by atoms with Crippen LogP contribution in [0.2, 0.25) is 0 Å². The molecule has 2 aromatic heterocycles. The van der Waals surface area contributed by atoms with E-state index in [1.54, 1.807) is 23.6 Å². The molecule has 0 aliphatic carbocycles. The summed E-state index contributed by atoms with van der Waals surface area (Å²) in [5.41, 5.74) is 3.06. The molecule has 3 N–H and O–H groups in total. The fourth-order valence-corrected chi connectivity index (χ4v) is 4.39. The highest BCUT2D eigenvalue weighted by Crippen LogP contribution is 2.37. The molecular weight excluding hydrogens is 452 g/mol. The zero-order chi connectivity index (χ0) is 23.7. The first kappa shape index (κ1) is 22.6. The summed E-state index contributed by atoms with van der Waals surface area (Å²) in [6, 6.07) is 8.31. The Labute approximate surface area is 190 Å². The number of benzene rings is 2. The number of aryl methyl sites for hydroxylation is 1. The average molecular weight is 471 g/mol. The number of carbonyl (C=O) groups excluding carboxylic acids is 1. The van der Waals surface area contributed by atoms with E-state index >= 15 is 0 Å². The number of aliphatic hydroxyl groups is 1. The number of imidazole rings is 1. The minimum Gasteiger partial charge on any atom is -0.479 e. The predicted molar refractivity (Wildman–Crippen MR) is 120 cm³/mol. The number of nitrogens with zero attached hydrogens (tertiary/aromatic N) is 2. The second-order valence-corrected chi connectivity index (χ2v) is 8.01. The number of hydrogen-bond acceptors (Lipinski definition) is 5. The standard InChI is InChI=1S/C23H19F2N3O4S/c1-2-28-19-6-3-12(22(30)26-9-20(29)23(31)32)7-18(19)27-21(28)16-11-33-10-15(16)14-5-4-13(24)8-17(14)25/h3-8,10-11,20,29H,2,9H2,1H3,(H,26,30)(H,31,32). The quantitative estimate of drug-likeness (QED) is 0.379. The Morgan fingerprint density at radius 1 is 1.12 bits per heavy atom. The third-order valence-electron chi connectivity index (χ3n) is 5.19. The number of rotatable bonds is 7. The van der Waals surface area contributed by atoms with Crippen LogP contribution in [0.5, 0.6) is 0 Å². The Balaban J connectivity index is 1.73. The molecule has 0 spiro atoms. The van der Waals surface area contributed by atoms with Crippen LogP contribution in [-0.2, 0) is 11.3 Å². The molecule has 33 heavy (non-hydrogen) atoms. The third-order valence-corrected chi connectivity index (χ3v) is 5.94. The van der Waals surface area contributed by atoms with E-state index in [4.69, 9.17) is 5.11 Å². The summed E-state index contributed by atoms with van der Waals surface area (Å²) in [7, 11) is 0. The van der Waals surface area contributed by atoms with Crippen molar-refractivity contribution in [2.75, 3.05) is 6.54 Å². The van der Waals surface area contributed by atoms with Gasteiger partial charge in [0.15, 0.2) is 6.10 Å². The minimum atomic E-state index is -1.70. The van der Waals surface area contributed by atoms with Crippen molar-refractivity contribution in [1.29, 1.82) is 0 Å². The van der Waals surface area contributed by atoms with E-state index in [2.05, 4.69) is 10.3 Å². The second-order valence-electron chi connectivity index (χ2n) is 7.27. The highest BCUT2D eigenvalue weighted by molar-refractivity contribution is 7.08. The van der Waals surface area contributed by atoms with Crippen LogP contribution < -0.4 is 5.32 Å². The van der Waals surface area contributed by atoms with E-state index in [-0.39, 0.29) is 11.1 Å². The number of fused-ring (bicyclic) bond motifs is 1. The van der Waals surface area contributed by atoms with Crippen LogP contribution in [0.15, 0.2) is 47.2 Å². The summed E-state index contributed by atoms with van der Waals surface area (Å²) in [6.07, 6.45) is -1.70. The topological polar surface area (TPSA) is 104 Å². The predicted octanol–water partition coefficient (Wildman–Crippen LogP) is 3.91. The van der Waals surface area contributed by atoms with Crippen molar-refractivity contribution in [3.63, 3.8) is 0 Å². The molecule has 4 aromatic rings. The van der Waals surface area contributed by atoms with Crippen molar-refractivity contribution >= 4 is 34.2 Å². The van der Waals surface area contributed by atoms with Crippen molar-refractivity contribution in [2.45, 2.75) is 19.6 Å². The van der Waals surface area contributed by atoms with Crippen molar-refractivity contribution < 1.29 is 28.6 Å². The van der Waals surface area contributed by atoms with Gasteiger partial charge in [0.2, 0.25) is 0 Å². The van der Waals surface area contributed by atoms with E-state index in [9.17, 15) is 23.5 Å². The SMILES string of the molecule is CCn1c(-c2cscc2-c2ccc(F)cc2F)nc2cc(C(=O)NCC(O)C(=O)O)ccc21. The molecule has 170 valence electrons. The maximum atomic E-state index is 14.5. The van der Waals surface area contributed by atoms with Crippen molar-refractivity contribution in [2.24, 2.45) is 0 Å². The number of halogens is 2. The number of nitrogens with one attached hydrogen (secondary N) is 1. The van der Waals surface area contributed by atoms with Gasteiger partial charge in [0, 0.05) is 40.2 Å². The van der Waals surface area contributed by atoms with Gasteiger partial charge in [-0.3, -0.25) is 4.79 Å². The minimum absolute atomic E-state index is 0.252. The number of hydrogen-bond donors (Lipinski definition) is 3. The number of thiophene rings is 1. The van der Waals surface area contributed by atoms with Crippen LogP contribution in [0.25, 0.3) is 33.5 Å². The van der Waals surface area contributed by atoms with Crippen molar-refractivity contribution in [3.8, 4) is 22.5 Å². The molecule has 2 heterocycles. The monoisotopic (exact) mass is 471 g/mol. The molecule has 4 rings (SSSR count). The van der Waals surface area contributed by atoms with E-state index in [1.807, 2.05) is 16.9 Å². The van der Waals surface area contributed by atoms with Gasteiger partial charge < -0.3 is 20.1 Å². The molecule has 10 heteroatoms. The lowest BCUT2D eigenvalue weighted by atomic mass is 10.0. The molecular formula is C23H19F2N3O4S. The molecule has 0 fully saturated rings. The molecule has 1 unspecified atom stereocenters. The first-order valence-corrected chi connectivity index (χ1v) is 11.0. The van der Waals surface area contributed by atoms with Crippen LogP contribution in [0, 0.1) is 11.6 Å². The van der Waals surface area contributed by atoms with Gasteiger partial charge in [-0.25, -0.2) is 18.6 Å². The van der Waals surface area contributed by atoms with Gasteiger partial charge in [0.25, 0.3) is 5.91 Å². The fraction of sp³-hybridized carbons (Fsp3) is 0.174. The van der Waals surface area contributed by atoms with Gasteiger partial charge in [-0.1, -0.05) is 0 Å². The zero-order valence-corrected chi connectivity index (χ0v) is 18.2. The van der Waals surface area contributed by atoms with E-state index in [0.29, 0.717) is 29.0 Å². The maximum absolute atomic E-state index is 14.5. The summed E-state index contributed by atoms with van der Waals surface area (Å²) < 4.78 is 29.8. The number of amides is 1. The largest absolute Gasteiger partial charge is 0.479 e. The fourth-order valence-electron chi connectivity index (χ4n) is 3.56. The molecule has 0 aliphatic rings. The molecule has 1 amide bonds. The lowest BCUT2D eigenvalue weighted by molar-refractivity contribution is -0.146. The summed E-state index contributed by atoms with van der Waals surface area (Å²) >= 11 is 1.37. The Bertz CT molecular complexity index is 1370. The Hall–Kier alpha value is -3.63. The van der Waals surface area contributed by atoms with Gasteiger partial charge >= 0.3 is 5.97 Å². The number of carbonyl (C=O) groups is 2. The lowest BCUT2D eigenvalue weighted by Crippen LogP contribution is -2.36. The number of aliphatic carboxylic acids is 1. The Morgan fingerprint density at radius 2 is 1.88 bits per heavy atom. The van der Waals surface area contributed by atoms with Crippen LogP contribution in [0.4, 0.5) is 8.78 Å². The number of carboxylic acids is 1. The zero-order valence-electron chi connectivity index (χ0n) is 17.4. The van der Waals surface area contributed by atoms with Crippen LogP contribution in [0.1, 0.15) is 17.3 Å². The van der Waals surface area contributed by atoms with Crippen molar-refractivity contribution in [3.05, 3.63) is 64.4 Å². The smallest absolute Gasteiger partial charge is 0.334 e. The lowest BCUT2D eigenvalue weighted by Gasteiger charge is -2.09. The Morgan fingerprint density at radius 3 is 2.58 bits per heavy atom. The second kappa shape index (κ2) is 9.08. The van der Waals surface area contributed by atoms with Crippen LogP contribution >= 0.6 is 11.3 Å². The molecule has 0 saturated carbocycles. The maximum Gasteiger partial charge on any atom is 0.334 e. The molecule has 7 nitrogen and oxygen atoms in total. The van der Waals surface area contributed by atoms with Gasteiger partial charge in [0.05, 0.1) is 17.6 Å². The molecule has 2 aromatic carbocycles. The summed E-state index contributed by atoms with van der Waals surface area (Å²) in [4.78, 5) is 27.8. The Kier molecular flexibility index (Phi) is 6.21. The van der Waals surface area contributed by atoms with Gasteiger partial charge in [-0.15, -0.1) is 0 Å². The normalized spacial score (nSPS) is 12.1.